The van der Waals surface area contributed by atoms with E-state index >= 15 is 0 Å². The molecule has 10 nitrogen and oxygen atoms in total. The van der Waals surface area contributed by atoms with Gasteiger partial charge in [0.2, 0.25) is 5.75 Å². The Morgan fingerprint density at radius 1 is 1.03 bits per heavy atom. The molecule has 0 heterocycles. The van der Waals surface area contributed by atoms with Crippen LogP contribution in [0, 0.1) is 38.5 Å². The first kappa shape index (κ1) is 22.6. The molecular weight excluding hydrogens is 428 g/mol. The molecule has 10 heteroatoms. The molecule has 0 spiro atoms. The van der Waals surface area contributed by atoms with Crippen LogP contribution in [0.25, 0.3) is 6.08 Å². The molecule has 0 unspecified atom stereocenters. The van der Waals surface area contributed by atoms with Crippen LogP contribution in [-0.2, 0) is 4.79 Å². The van der Waals surface area contributed by atoms with Crippen LogP contribution >= 0.6 is 0 Å². The van der Waals surface area contributed by atoms with Gasteiger partial charge in [-0.2, -0.15) is 5.26 Å². The number of carbonyl (C=O) groups is 1. The van der Waals surface area contributed by atoms with Crippen molar-refractivity contribution in [2.24, 2.45) is 0 Å². The number of anilines is 1. The topological polar surface area (TPSA) is 148 Å². The molecule has 3 aromatic carbocycles. The van der Waals surface area contributed by atoms with E-state index in [9.17, 15) is 30.3 Å². The van der Waals surface area contributed by atoms with Crippen LogP contribution in [0.2, 0.25) is 0 Å². The molecule has 3 aromatic rings. The maximum atomic E-state index is 12.5. The highest BCUT2D eigenvalue weighted by molar-refractivity contribution is 6.09. The van der Waals surface area contributed by atoms with Gasteiger partial charge in [-0.25, -0.2) is 0 Å². The summed E-state index contributed by atoms with van der Waals surface area (Å²) in [5.74, 6) is -0.609. The van der Waals surface area contributed by atoms with Gasteiger partial charge >= 0.3 is 5.69 Å². The number of benzene rings is 3. The lowest BCUT2D eigenvalue weighted by Crippen LogP contribution is -2.13. The number of nitro groups is 2. The molecule has 3 rings (SSSR count). The standard InChI is InChI=1S/C23H16N4O6/c1-15-4-2-6-18(10-15)25-23(28)17(14-24)11-16-5-3-7-20(12-16)33-22-9-8-19(26(29)30)13-21(22)27(31)32/h2-13H,1H3,(H,25,28)/b17-11-. The first-order chi connectivity index (χ1) is 15.8. The fourth-order valence-electron chi connectivity index (χ4n) is 2.88. The highest BCUT2D eigenvalue weighted by Gasteiger charge is 2.21. The van der Waals surface area contributed by atoms with E-state index in [2.05, 4.69) is 5.32 Å². The first-order valence-electron chi connectivity index (χ1n) is 9.47. The van der Waals surface area contributed by atoms with Crippen molar-refractivity contribution in [1.82, 2.24) is 0 Å². The molecule has 33 heavy (non-hydrogen) atoms. The number of nitriles is 1. The molecule has 1 amide bonds. The van der Waals surface area contributed by atoms with E-state index in [0.29, 0.717) is 11.3 Å². The second-order valence-corrected chi connectivity index (χ2v) is 6.83. The number of nitrogens with zero attached hydrogens (tertiary/aromatic N) is 3. The van der Waals surface area contributed by atoms with Crippen molar-refractivity contribution in [1.29, 1.82) is 5.26 Å². The minimum absolute atomic E-state index is 0.157. The minimum atomic E-state index is -0.782. The summed E-state index contributed by atoms with van der Waals surface area (Å²) in [5.41, 5.74) is 0.761. The number of amides is 1. The van der Waals surface area contributed by atoms with Crippen molar-refractivity contribution < 1.29 is 19.4 Å². The van der Waals surface area contributed by atoms with Gasteiger partial charge < -0.3 is 10.1 Å². The molecule has 0 aliphatic carbocycles. The number of rotatable bonds is 7. The van der Waals surface area contributed by atoms with Gasteiger partial charge in [-0.15, -0.1) is 0 Å². The van der Waals surface area contributed by atoms with Crippen LogP contribution in [0.3, 0.4) is 0 Å². The first-order valence-corrected chi connectivity index (χ1v) is 9.47. The number of hydrogen-bond donors (Lipinski definition) is 1. The number of non-ortho nitro benzene ring substituents is 1. The quantitative estimate of drug-likeness (QED) is 0.229. The lowest BCUT2D eigenvalue weighted by atomic mass is 10.1. The number of nitro benzene ring substituents is 2. The van der Waals surface area contributed by atoms with Crippen molar-refractivity contribution in [3.63, 3.8) is 0 Å². The van der Waals surface area contributed by atoms with E-state index in [0.717, 1.165) is 23.8 Å². The second-order valence-electron chi connectivity index (χ2n) is 6.83. The van der Waals surface area contributed by atoms with Gasteiger partial charge in [0.15, 0.2) is 0 Å². The Bertz CT molecular complexity index is 1330. The Hall–Kier alpha value is -5.04. The SMILES string of the molecule is Cc1cccc(NC(=O)/C(C#N)=C\c2cccc(Oc3ccc([N+](=O)[O-])cc3[N+](=O)[O-])c2)c1. The van der Waals surface area contributed by atoms with Gasteiger partial charge in [0.25, 0.3) is 11.6 Å². The van der Waals surface area contributed by atoms with Crippen molar-refractivity contribution in [2.75, 3.05) is 5.32 Å². The lowest BCUT2D eigenvalue weighted by molar-refractivity contribution is -0.394. The Labute approximate surface area is 187 Å². The van der Waals surface area contributed by atoms with Gasteiger partial charge in [-0.3, -0.25) is 25.0 Å². The van der Waals surface area contributed by atoms with Crippen LogP contribution in [0.1, 0.15) is 11.1 Å². The maximum absolute atomic E-state index is 12.5. The third-order valence-electron chi connectivity index (χ3n) is 4.39. The summed E-state index contributed by atoms with van der Waals surface area (Å²) in [4.78, 5) is 33.1. The molecule has 1 N–H and O–H groups in total. The molecular formula is C23H16N4O6. The summed E-state index contributed by atoms with van der Waals surface area (Å²) in [6, 6.07) is 18.2. The summed E-state index contributed by atoms with van der Waals surface area (Å²) in [5, 5.41) is 34.3. The molecule has 0 saturated heterocycles. The molecule has 0 aliphatic rings. The average Bonchev–Trinajstić information content (AvgIpc) is 2.77. The fourth-order valence-corrected chi connectivity index (χ4v) is 2.88. The highest BCUT2D eigenvalue weighted by atomic mass is 16.6. The smallest absolute Gasteiger partial charge is 0.318 e. The molecule has 0 aromatic heterocycles. The highest BCUT2D eigenvalue weighted by Crippen LogP contribution is 2.34. The summed E-state index contributed by atoms with van der Waals surface area (Å²) in [6.07, 6.45) is 1.35. The van der Waals surface area contributed by atoms with Crippen LogP contribution in [0.5, 0.6) is 11.5 Å². The van der Waals surface area contributed by atoms with Gasteiger partial charge in [0.05, 0.1) is 15.9 Å². The largest absolute Gasteiger partial charge is 0.450 e. The summed E-state index contributed by atoms with van der Waals surface area (Å²) < 4.78 is 5.55. The van der Waals surface area contributed by atoms with Gasteiger partial charge in [-0.05, 0) is 54.5 Å². The van der Waals surface area contributed by atoms with Crippen LogP contribution in [-0.4, -0.2) is 15.8 Å². The van der Waals surface area contributed by atoms with E-state index in [1.807, 2.05) is 19.1 Å². The zero-order valence-electron chi connectivity index (χ0n) is 17.2. The summed E-state index contributed by atoms with van der Waals surface area (Å²) in [6.45, 7) is 1.87. The van der Waals surface area contributed by atoms with E-state index in [1.54, 1.807) is 30.3 Å². The number of nitrogens with one attached hydrogen (secondary N) is 1. The Morgan fingerprint density at radius 2 is 1.79 bits per heavy atom. The van der Waals surface area contributed by atoms with Gasteiger partial charge in [-0.1, -0.05) is 24.3 Å². The zero-order chi connectivity index (χ0) is 24.0. The predicted molar refractivity (Wildman–Crippen MR) is 120 cm³/mol. The van der Waals surface area contributed by atoms with E-state index in [-0.39, 0.29) is 17.1 Å². The number of ether oxygens (including phenoxy) is 1. The zero-order valence-corrected chi connectivity index (χ0v) is 17.2. The molecule has 0 saturated carbocycles. The molecule has 0 bridgehead atoms. The molecule has 0 radical (unpaired) electrons. The van der Waals surface area contributed by atoms with Gasteiger partial charge in [0, 0.05) is 11.8 Å². The maximum Gasteiger partial charge on any atom is 0.318 e. The Balaban J connectivity index is 1.85. The predicted octanol–water partition coefficient (Wildman–Crippen LogP) is 5.15. The fraction of sp³-hybridized carbons (Fsp3) is 0.0435. The normalized spacial score (nSPS) is 10.7. The second kappa shape index (κ2) is 9.84. The van der Waals surface area contributed by atoms with E-state index < -0.39 is 27.1 Å². The van der Waals surface area contributed by atoms with Crippen molar-refractivity contribution >= 4 is 29.0 Å². The molecule has 0 fully saturated rings. The van der Waals surface area contributed by atoms with Crippen molar-refractivity contribution in [3.8, 4) is 17.6 Å². The molecule has 0 aliphatic heterocycles. The van der Waals surface area contributed by atoms with Crippen molar-refractivity contribution in [3.05, 3.63) is 104 Å². The Morgan fingerprint density at radius 3 is 2.45 bits per heavy atom. The summed E-state index contributed by atoms with van der Waals surface area (Å²) >= 11 is 0. The lowest BCUT2D eigenvalue weighted by Gasteiger charge is -2.08. The average molecular weight is 444 g/mol. The third-order valence-corrected chi connectivity index (χ3v) is 4.39. The summed E-state index contributed by atoms with van der Waals surface area (Å²) in [7, 11) is 0. The third kappa shape index (κ3) is 5.77. The molecule has 164 valence electrons. The van der Waals surface area contributed by atoms with Crippen LogP contribution in [0.15, 0.2) is 72.3 Å². The molecule has 0 atom stereocenters. The number of hydrogen-bond acceptors (Lipinski definition) is 7. The monoisotopic (exact) mass is 444 g/mol. The number of aryl methyl sites for hydroxylation is 1. The number of carbonyl (C=O) groups excluding carboxylic acids is 1. The minimum Gasteiger partial charge on any atom is -0.450 e. The van der Waals surface area contributed by atoms with Crippen molar-refractivity contribution in [2.45, 2.75) is 6.92 Å². The Kier molecular flexibility index (Phi) is 6.75. The van der Waals surface area contributed by atoms with Gasteiger partial charge in [0.1, 0.15) is 17.4 Å². The van der Waals surface area contributed by atoms with Crippen LogP contribution in [0.4, 0.5) is 17.1 Å². The van der Waals surface area contributed by atoms with E-state index in [1.165, 1.54) is 18.2 Å². The van der Waals surface area contributed by atoms with E-state index in [4.69, 9.17) is 4.74 Å². The van der Waals surface area contributed by atoms with Crippen LogP contribution < -0.4 is 10.1 Å².